The topological polar surface area (TPSA) is 42.0 Å². The van der Waals surface area contributed by atoms with Gasteiger partial charge in [0.15, 0.2) is 0 Å². The highest BCUT2D eigenvalue weighted by Crippen LogP contribution is 2.37. The van der Waals surface area contributed by atoms with Crippen LogP contribution in [0.5, 0.6) is 5.75 Å². The Kier molecular flexibility index (Phi) is 5.35. The second kappa shape index (κ2) is 7.37. The molecule has 0 aromatic heterocycles. The van der Waals surface area contributed by atoms with E-state index in [0.29, 0.717) is 13.1 Å². The van der Waals surface area contributed by atoms with Crippen molar-refractivity contribution in [1.29, 1.82) is 0 Å². The van der Waals surface area contributed by atoms with Crippen LogP contribution in [0.15, 0.2) is 12.1 Å². The van der Waals surface area contributed by atoms with Gasteiger partial charge < -0.3 is 19.3 Å². The zero-order chi connectivity index (χ0) is 18.9. The zero-order valence-corrected chi connectivity index (χ0v) is 16.8. The molecule has 5 heteroatoms. The Morgan fingerprint density at radius 2 is 1.88 bits per heavy atom. The van der Waals surface area contributed by atoms with Crippen molar-refractivity contribution in [3.63, 3.8) is 0 Å². The first-order valence-electron chi connectivity index (χ1n) is 9.78. The van der Waals surface area contributed by atoms with Crippen molar-refractivity contribution in [2.24, 2.45) is 0 Å². The number of carbonyl (C=O) groups is 1. The molecule has 5 nitrogen and oxygen atoms in total. The van der Waals surface area contributed by atoms with Crippen LogP contribution in [0.25, 0.3) is 0 Å². The number of nitrogens with zero attached hydrogens (tertiary/aromatic N) is 2. The van der Waals surface area contributed by atoms with Crippen LogP contribution in [0.1, 0.15) is 51.7 Å². The average molecular weight is 360 g/mol. The second-order valence-corrected chi connectivity index (χ2v) is 8.47. The number of rotatable bonds is 2. The van der Waals surface area contributed by atoms with Gasteiger partial charge in [-0.2, -0.15) is 0 Å². The van der Waals surface area contributed by atoms with Gasteiger partial charge in [0.25, 0.3) is 0 Å². The van der Waals surface area contributed by atoms with Crippen LogP contribution >= 0.6 is 0 Å². The summed E-state index contributed by atoms with van der Waals surface area (Å²) in [5, 5.41) is 0. The third kappa shape index (κ3) is 4.25. The molecule has 0 N–H and O–H groups in total. The predicted octanol–water partition coefficient (Wildman–Crippen LogP) is 4.02. The van der Waals surface area contributed by atoms with E-state index < -0.39 is 5.60 Å². The lowest BCUT2D eigenvalue weighted by atomic mass is 10.00. The molecular formula is C21H32N2O3. The van der Waals surface area contributed by atoms with Crippen molar-refractivity contribution < 1.29 is 14.3 Å². The van der Waals surface area contributed by atoms with Crippen LogP contribution in [0.4, 0.5) is 10.5 Å². The van der Waals surface area contributed by atoms with E-state index in [4.69, 9.17) is 9.47 Å². The van der Waals surface area contributed by atoms with E-state index in [0.717, 1.165) is 38.0 Å². The van der Waals surface area contributed by atoms with Crippen molar-refractivity contribution in [3.05, 3.63) is 23.3 Å². The van der Waals surface area contributed by atoms with Crippen molar-refractivity contribution >= 4 is 11.8 Å². The maximum atomic E-state index is 12.4. The number of anilines is 1. The Morgan fingerprint density at radius 3 is 2.50 bits per heavy atom. The second-order valence-electron chi connectivity index (χ2n) is 8.47. The Balaban J connectivity index is 1.76. The van der Waals surface area contributed by atoms with Crippen LogP contribution in [-0.2, 0) is 17.6 Å². The standard InChI is InChI=1S/C21H32N2O3/c1-6-7-17-14-22(5)18-12-15-8-10-23(20(24)26-21(2,3)4)11-9-16(15)13-19(18)25-17/h12-13,17H,6-11,14H2,1-5H3. The highest BCUT2D eigenvalue weighted by atomic mass is 16.6. The normalized spacial score (nSPS) is 20.0. The molecule has 2 aliphatic rings. The molecule has 3 rings (SSSR count). The SMILES string of the molecule is CCCC1CN(C)c2cc3c(cc2O1)CCN(C(=O)OC(C)(C)C)CC3. The van der Waals surface area contributed by atoms with E-state index in [1.54, 1.807) is 0 Å². The number of amides is 1. The number of hydrogen-bond donors (Lipinski definition) is 0. The first-order chi connectivity index (χ1) is 12.3. The molecule has 0 bridgehead atoms. The van der Waals surface area contributed by atoms with Crippen LogP contribution in [0, 0.1) is 0 Å². The summed E-state index contributed by atoms with van der Waals surface area (Å²) in [6, 6.07) is 4.45. The van der Waals surface area contributed by atoms with Crippen LogP contribution in [-0.4, -0.2) is 49.4 Å². The minimum atomic E-state index is -0.458. The zero-order valence-electron chi connectivity index (χ0n) is 16.8. The first kappa shape index (κ1) is 18.9. The van der Waals surface area contributed by atoms with E-state index in [1.807, 2.05) is 25.7 Å². The van der Waals surface area contributed by atoms with Crippen molar-refractivity contribution in [3.8, 4) is 5.75 Å². The van der Waals surface area contributed by atoms with Crippen molar-refractivity contribution in [2.45, 2.75) is 65.1 Å². The number of hydrogen-bond acceptors (Lipinski definition) is 4. The molecule has 1 amide bonds. The van der Waals surface area contributed by atoms with Crippen LogP contribution in [0.2, 0.25) is 0 Å². The molecule has 26 heavy (non-hydrogen) atoms. The van der Waals surface area contributed by atoms with Crippen LogP contribution in [0.3, 0.4) is 0 Å². The lowest BCUT2D eigenvalue weighted by molar-refractivity contribution is 0.0258. The minimum Gasteiger partial charge on any atom is -0.486 e. The summed E-state index contributed by atoms with van der Waals surface area (Å²) >= 11 is 0. The fraction of sp³-hybridized carbons (Fsp3) is 0.667. The van der Waals surface area contributed by atoms with Gasteiger partial charge >= 0.3 is 6.09 Å². The summed E-state index contributed by atoms with van der Waals surface area (Å²) in [5.74, 6) is 0.988. The third-order valence-electron chi connectivity index (χ3n) is 5.03. The molecule has 0 spiro atoms. The van der Waals surface area contributed by atoms with Gasteiger partial charge in [-0.05, 0) is 63.3 Å². The fourth-order valence-corrected chi connectivity index (χ4v) is 3.74. The largest absolute Gasteiger partial charge is 0.486 e. The molecule has 2 aliphatic heterocycles. The van der Waals surface area contributed by atoms with Crippen molar-refractivity contribution in [1.82, 2.24) is 4.90 Å². The number of benzene rings is 1. The highest BCUT2D eigenvalue weighted by Gasteiger charge is 2.28. The summed E-state index contributed by atoms with van der Waals surface area (Å²) in [6.45, 7) is 10.2. The number of likely N-dealkylation sites (N-methyl/N-ethyl adjacent to an activating group) is 1. The molecule has 0 radical (unpaired) electrons. The van der Waals surface area contributed by atoms with E-state index >= 15 is 0 Å². The maximum absolute atomic E-state index is 12.4. The number of ether oxygens (including phenoxy) is 2. The molecule has 1 aromatic carbocycles. The summed E-state index contributed by atoms with van der Waals surface area (Å²) in [7, 11) is 2.14. The molecule has 144 valence electrons. The molecular weight excluding hydrogens is 328 g/mol. The Hall–Kier alpha value is -1.91. The molecule has 0 aliphatic carbocycles. The fourth-order valence-electron chi connectivity index (χ4n) is 3.74. The minimum absolute atomic E-state index is 0.216. The van der Waals surface area contributed by atoms with E-state index in [1.165, 1.54) is 16.8 Å². The number of fused-ring (bicyclic) bond motifs is 2. The highest BCUT2D eigenvalue weighted by molar-refractivity contribution is 5.69. The average Bonchev–Trinajstić information content (AvgIpc) is 2.74. The molecule has 2 heterocycles. The molecule has 1 unspecified atom stereocenters. The van der Waals surface area contributed by atoms with Gasteiger partial charge in [0, 0.05) is 20.1 Å². The Morgan fingerprint density at radius 1 is 1.23 bits per heavy atom. The summed E-state index contributed by atoms with van der Waals surface area (Å²) in [4.78, 5) is 16.5. The smallest absolute Gasteiger partial charge is 0.410 e. The number of carbonyl (C=O) groups excluding carboxylic acids is 1. The van der Waals surface area contributed by atoms with Gasteiger partial charge in [-0.25, -0.2) is 4.79 Å². The van der Waals surface area contributed by atoms with E-state index in [2.05, 4.69) is 31.0 Å². The molecule has 0 saturated heterocycles. The lowest BCUT2D eigenvalue weighted by Gasteiger charge is -2.34. The molecule has 1 atom stereocenters. The Labute approximate surface area is 157 Å². The predicted molar refractivity (Wildman–Crippen MR) is 104 cm³/mol. The van der Waals surface area contributed by atoms with Gasteiger partial charge in [0.05, 0.1) is 12.2 Å². The first-order valence-corrected chi connectivity index (χ1v) is 9.78. The van der Waals surface area contributed by atoms with Gasteiger partial charge in [-0.15, -0.1) is 0 Å². The van der Waals surface area contributed by atoms with Gasteiger partial charge in [-0.3, -0.25) is 0 Å². The molecule has 1 aromatic rings. The van der Waals surface area contributed by atoms with Gasteiger partial charge in [-0.1, -0.05) is 13.3 Å². The van der Waals surface area contributed by atoms with E-state index in [-0.39, 0.29) is 12.2 Å². The monoisotopic (exact) mass is 360 g/mol. The summed E-state index contributed by atoms with van der Waals surface area (Å²) in [5.41, 5.74) is 3.32. The molecule has 0 saturated carbocycles. The van der Waals surface area contributed by atoms with Crippen LogP contribution < -0.4 is 9.64 Å². The Bertz CT molecular complexity index is 666. The summed E-state index contributed by atoms with van der Waals surface area (Å²) < 4.78 is 11.8. The van der Waals surface area contributed by atoms with Gasteiger partial charge in [0.1, 0.15) is 17.5 Å². The molecule has 0 fully saturated rings. The quantitative estimate of drug-likeness (QED) is 0.799. The maximum Gasteiger partial charge on any atom is 0.410 e. The third-order valence-corrected chi connectivity index (χ3v) is 5.03. The lowest BCUT2D eigenvalue weighted by Crippen LogP contribution is -2.38. The van der Waals surface area contributed by atoms with Gasteiger partial charge in [0.2, 0.25) is 0 Å². The van der Waals surface area contributed by atoms with Crippen molar-refractivity contribution in [2.75, 3.05) is 31.6 Å². The van der Waals surface area contributed by atoms with E-state index in [9.17, 15) is 4.79 Å². The summed E-state index contributed by atoms with van der Waals surface area (Å²) in [6.07, 6.45) is 3.95.